The summed E-state index contributed by atoms with van der Waals surface area (Å²) in [4.78, 5) is 12.1. The lowest BCUT2D eigenvalue weighted by molar-refractivity contribution is 0.0953. The van der Waals surface area contributed by atoms with E-state index >= 15 is 0 Å². The summed E-state index contributed by atoms with van der Waals surface area (Å²) in [6, 6.07) is 5.87. The fourth-order valence-corrected chi connectivity index (χ4v) is 1.76. The van der Waals surface area contributed by atoms with E-state index in [2.05, 4.69) is 24.5 Å². The van der Waals surface area contributed by atoms with Crippen molar-refractivity contribution < 1.29 is 4.79 Å². The Labute approximate surface area is 110 Å². The zero-order valence-electron chi connectivity index (χ0n) is 11.8. The predicted molar refractivity (Wildman–Crippen MR) is 77.1 cm³/mol. The van der Waals surface area contributed by atoms with Crippen molar-refractivity contribution in [3.05, 3.63) is 29.3 Å². The standard InChI is InChI=1S/C15H24N2O/c1-5-16-14-10-12(4)6-7-13(14)15(18)17-9-8-11(2)3/h6-7,10-11,16H,5,8-9H2,1-4H3,(H,17,18). The van der Waals surface area contributed by atoms with Crippen molar-refractivity contribution in [3.8, 4) is 0 Å². The van der Waals surface area contributed by atoms with Crippen LogP contribution in [0.2, 0.25) is 0 Å². The van der Waals surface area contributed by atoms with Gasteiger partial charge in [0.05, 0.1) is 5.56 Å². The van der Waals surface area contributed by atoms with E-state index in [4.69, 9.17) is 0 Å². The van der Waals surface area contributed by atoms with Gasteiger partial charge in [-0.05, 0) is 43.9 Å². The number of carbonyl (C=O) groups excluding carboxylic acids is 1. The minimum atomic E-state index is 0.00611. The maximum Gasteiger partial charge on any atom is 0.253 e. The summed E-state index contributed by atoms with van der Waals surface area (Å²) in [5, 5.41) is 6.21. The van der Waals surface area contributed by atoms with Crippen molar-refractivity contribution in [1.82, 2.24) is 5.32 Å². The first-order chi connectivity index (χ1) is 8.54. The monoisotopic (exact) mass is 248 g/mol. The molecule has 0 atom stereocenters. The summed E-state index contributed by atoms with van der Waals surface area (Å²) < 4.78 is 0. The Bertz CT molecular complexity index is 399. The number of benzene rings is 1. The van der Waals surface area contributed by atoms with Gasteiger partial charge < -0.3 is 10.6 Å². The zero-order valence-corrected chi connectivity index (χ0v) is 11.8. The topological polar surface area (TPSA) is 41.1 Å². The molecule has 0 aliphatic carbocycles. The highest BCUT2D eigenvalue weighted by molar-refractivity contribution is 5.99. The molecule has 100 valence electrons. The predicted octanol–water partition coefficient (Wildman–Crippen LogP) is 3.20. The third kappa shape index (κ3) is 4.40. The van der Waals surface area contributed by atoms with Gasteiger partial charge in [-0.1, -0.05) is 19.9 Å². The van der Waals surface area contributed by atoms with Gasteiger partial charge in [0, 0.05) is 18.8 Å². The van der Waals surface area contributed by atoms with Gasteiger partial charge in [-0.3, -0.25) is 4.79 Å². The van der Waals surface area contributed by atoms with Crippen molar-refractivity contribution in [3.63, 3.8) is 0 Å². The molecule has 0 spiro atoms. The second-order valence-corrected chi connectivity index (χ2v) is 5.02. The number of hydrogen-bond donors (Lipinski definition) is 2. The lowest BCUT2D eigenvalue weighted by Gasteiger charge is -2.12. The summed E-state index contributed by atoms with van der Waals surface area (Å²) in [6.45, 7) is 9.92. The third-order valence-electron chi connectivity index (χ3n) is 2.79. The zero-order chi connectivity index (χ0) is 13.5. The summed E-state index contributed by atoms with van der Waals surface area (Å²) in [5.41, 5.74) is 2.80. The highest BCUT2D eigenvalue weighted by atomic mass is 16.1. The fourth-order valence-electron chi connectivity index (χ4n) is 1.76. The minimum Gasteiger partial charge on any atom is -0.385 e. The Morgan fingerprint density at radius 2 is 2.06 bits per heavy atom. The molecule has 1 rings (SSSR count). The number of rotatable bonds is 6. The van der Waals surface area contributed by atoms with E-state index in [9.17, 15) is 4.79 Å². The molecule has 0 saturated heterocycles. The van der Waals surface area contributed by atoms with Crippen LogP contribution in [0.5, 0.6) is 0 Å². The van der Waals surface area contributed by atoms with E-state index in [0.717, 1.165) is 36.3 Å². The molecule has 3 heteroatoms. The molecule has 0 aromatic heterocycles. The summed E-state index contributed by atoms with van der Waals surface area (Å²) in [5.74, 6) is 0.614. The third-order valence-corrected chi connectivity index (χ3v) is 2.79. The number of hydrogen-bond acceptors (Lipinski definition) is 2. The molecule has 1 aromatic carbocycles. The molecule has 0 bridgehead atoms. The average molecular weight is 248 g/mol. The van der Waals surface area contributed by atoms with Crippen LogP contribution in [0.1, 0.15) is 43.1 Å². The molecule has 0 saturated carbocycles. The molecule has 18 heavy (non-hydrogen) atoms. The fraction of sp³-hybridized carbons (Fsp3) is 0.533. The Hall–Kier alpha value is -1.51. The van der Waals surface area contributed by atoms with E-state index < -0.39 is 0 Å². The highest BCUT2D eigenvalue weighted by Crippen LogP contribution is 2.17. The first-order valence-electron chi connectivity index (χ1n) is 6.67. The molecule has 0 fully saturated rings. The normalized spacial score (nSPS) is 10.5. The van der Waals surface area contributed by atoms with Crippen LogP contribution in [-0.4, -0.2) is 19.0 Å². The highest BCUT2D eigenvalue weighted by Gasteiger charge is 2.10. The van der Waals surface area contributed by atoms with E-state index in [1.54, 1.807) is 0 Å². The maximum atomic E-state index is 12.1. The first-order valence-corrected chi connectivity index (χ1v) is 6.67. The van der Waals surface area contributed by atoms with Gasteiger partial charge in [-0.15, -0.1) is 0 Å². The van der Waals surface area contributed by atoms with Crippen molar-refractivity contribution in [2.24, 2.45) is 5.92 Å². The van der Waals surface area contributed by atoms with Crippen LogP contribution >= 0.6 is 0 Å². The molecule has 2 N–H and O–H groups in total. The molecule has 0 unspecified atom stereocenters. The molecule has 3 nitrogen and oxygen atoms in total. The molecule has 0 aliphatic rings. The lowest BCUT2D eigenvalue weighted by Crippen LogP contribution is -2.26. The second-order valence-electron chi connectivity index (χ2n) is 5.02. The van der Waals surface area contributed by atoms with Crippen molar-refractivity contribution in [1.29, 1.82) is 0 Å². The number of nitrogens with one attached hydrogen (secondary N) is 2. The van der Waals surface area contributed by atoms with Crippen LogP contribution in [-0.2, 0) is 0 Å². The number of anilines is 1. The Morgan fingerprint density at radius 3 is 2.67 bits per heavy atom. The van der Waals surface area contributed by atoms with Crippen LogP contribution in [0, 0.1) is 12.8 Å². The molecule has 1 aromatic rings. The molecule has 0 heterocycles. The van der Waals surface area contributed by atoms with Gasteiger partial charge in [0.25, 0.3) is 5.91 Å². The molecular weight excluding hydrogens is 224 g/mol. The van der Waals surface area contributed by atoms with Gasteiger partial charge in [-0.25, -0.2) is 0 Å². The molecular formula is C15H24N2O. The Balaban J connectivity index is 2.72. The van der Waals surface area contributed by atoms with E-state index in [0.29, 0.717) is 5.92 Å². The van der Waals surface area contributed by atoms with Crippen LogP contribution < -0.4 is 10.6 Å². The van der Waals surface area contributed by atoms with Crippen LogP contribution in [0.15, 0.2) is 18.2 Å². The van der Waals surface area contributed by atoms with Crippen molar-refractivity contribution in [2.45, 2.75) is 34.1 Å². The van der Waals surface area contributed by atoms with E-state index in [-0.39, 0.29) is 5.91 Å². The SMILES string of the molecule is CCNc1cc(C)ccc1C(=O)NCCC(C)C. The van der Waals surface area contributed by atoms with Crippen LogP contribution in [0.25, 0.3) is 0 Å². The molecule has 0 radical (unpaired) electrons. The quantitative estimate of drug-likeness (QED) is 0.811. The molecule has 1 amide bonds. The summed E-state index contributed by atoms with van der Waals surface area (Å²) >= 11 is 0. The summed E-state index contributed by atoms with van der Waals surface area (Å²) in [7, 11) is 0. The number of carbonyl (C=O) groups is 1. The van der Waals surface area contributed by atoms with Gasteiger partial charge in [0.1, 0.15) is 0 Å². The molecule has 0 aliphatic heterocycles. The minimum absolute atomic E-state index is 0.00611. The largest absolute Gasteiger partial charge is 0.385 e. The average Bonchev–Trinajstić information content (AvgIpc) is 2.29. The second kappa shape index (κ2) is 7.04. The van der Waals surface area contributed by atoms with Gasteiger partial charge in [0.15, 0.2) is 0 Å². The Kier molecular flexibility index (Phi) is 5.69. The summed E-state index contributed by atoms with van der Waals surface area (Å²) in [6.07, 6.45) is 1.01. The van der Waals surface area contributed by atoms with Gasteiger partial charge >= 0.3 is 0 Å². The number of amides is 1. The van der Waals surface area contributed by atoms with Crippen molar-refractivity contribution >= 4 is 11.6 Å². The van der Waals surface area contributed by atoms with Crippen LogP contribution in [0.4, 0.5) is 5.69 Å². The first kappa shape index (κ1) is 14.6. The van der Waals surface area contributed by atoms with Gasteiger partial charge in [0.2, 0.25) is 0 Å². The van der Waals surface area contributed by atoms with Crippen molar-refractivity contribution in [2.75, 3.05) is 18.4 Å². The van der Waals surface area contributed by atoms with Gasteiger partial charge in [-0.2, -0.15) is 0 Å². The Morgan fingerprint density at radius 1 is 1.33 bits per heavy atom. The maximum absolute atomic E-state index is 12.1. The van der Waals surface area contributed by atoms with E-state index in [1.807, 2.05) is 32.0 Å². The number of aryl methyl sites for hydroxylation is 1. The smallest absolute Gasteiger partial charge is 0.253 e. The van der Waals surface area contributed by atoms with Crippen LogP contribution in [0.3, 0.4) is 0 Å². The lowest BCUT2D eigenvalue weighted by atomic mass is 10.1. The van der Waals surface area contributed by atoms with E-state index in [1.165, 1.54) is 0 Å².